The van der Waals surface area contributed by atoms with E-state index in [0.717, 1.165) is 0 Å². The Labute approximate surface area is 109 Å². The van der Waals surface area contributed by atoms with Crippen molar-refractivity contribution in [1.82, 2.24) is 9.97 Å². The summed E-state index contributed by atoms with van der Waals surface area (Å²) in [6.07, 6.45) is 0. The van der Waals surface area contributed by atoms with E-state index >= 15 is 0 Å². The first kappa shape index (κ1) is 12.7. The summed E-state index contributed by atoms with van der Waals surface area (Å²) >= 11 is 0. The van der Waals surface area contributed by atoms with E-state index in [4.69, 9.17) is 10.5 Å². The van der Waals surface area contributed by atoms with Crippen LogP contribution in [0.1, 0.15) is 5.69 Å². The number of ether oxygens (including phenoxy) is 1. The molecule has 0 fully saturated rings. The number of aromatic nitrogens is 2. The average Bonchev–Trinajstić information content (AvgIpc) is 2.37. The summed E-state index contributed by atoms with van der Waals surface area (Å²) in [4.78, 5) is 18.5. The molecule has 0 spiro atoms. The lowest BCUT2D eigenvalue weighted by Gasteiger charge is -2.09. The van der Waals surface area contributed by atoms with E-state index < -0.39 is 4.92 Å². The minimum Gasteiger partial charge on any atom is -0.496 e. The van der Waals surface area contributed by atoms with Crippen molar-refractivity contribution in [3.8, 4) is 17.0 Å². The fourth-order valence-electron chi connectivity index (χ4n) is 1.84. The lowest BCUT2D eigenvalue weighted by molar-refractivity contribution is -0.385. The summed E-state index contributed by atoms with van der Waals surface area (Å²) in [6.45, 7) is 1.52. The molecule has 0 aliphatic rings. The van der Waals surface area contributed by atoms with Crippen LogP contribution in [-0.4, -0.2) is 22.0 Å². The Morgan fingerprint density at radius 1 is 1.32 bits per heavy atom. The normalized spacial score (nSPS) is 10.2. The molecule has 1 heterocycles. The lowest BCUT2D eigenvalue weighted by Crippen LogP contribution is -2.05. The number of para-hydroxylation sites is 1. The second-order valence-electron chi connectivity index (χ2n) is 3.82. The molecule has 1 aromatic heterocycles. The summed E-state index contributed by atoms with van der Waals surface area (Å²) in [5.74, 6) is 0.479. The Kier molecular flexibility index (Phi) is 3.28. The highest BCUT2D eigenvalue weighted by Crippen LogP contribution is 2.35. The molecule has 2 rings (SSSR count). The molecule has 0 saturated heterocycles. The van der Waals surface area contributed by atoms with Crippen molar-refractivity contribution < 1.29 is 9.66 Å². The topological polar surface area (TPSA) is 104 Å². The molecule has 0 atom stereocenters. The van der Waals surface area contributed by atoms with Gasteiger partial charge < -0.3 is 10.5 Å². The van der Waals surface area contributed by atoms with Gasteiger partial charge in [-0.2, -0.15) is 0 Å². The van der Waals surface area contributed by atoms with Crippen LogP contribution >= 0.6 is 0 Å². The van der Waals surface area contributed by atoms with Gasteiger partial charge in [0, 0.05) is 5.56 Å². The van der Waals surface area contributed by atoms with Gasteiger partial charge >= 0.3 is 5.69 Å². The number of nitrogen functional groups attached to an aromatic ring is 1. The molecule has 0 radical (unpaired) electrons. The van der Waals surface area contributed by atoms with Gasteiger partial charge in [-0.1, -0.05) is 12.1 Å². The Balaban J connectivity index is 2.77. The van der Waals surface area contributed by atoms with Crippen LogP contribution in [-0.2, 0) is 0 Å². The number of nitrogens with zero attached hydrogens (tertiary/aromatic N) is 3. The van der Waals surface area contributed by atoms with Gasteiger partial charge in [-0.15, -0.1) is 0 Å². The molecule has 0 saturated carbocycles. The van der Waals surface area contributed by atoms with Crippen molar-refractivity contribution in [2.24, 2.45) is 0 Å². The van der Waals surface area contributed by atoms with Crippen LogP contribution in [0.15, 0.2) is 24.3 Å². The standard InChI is InChI=1S/C12H12N4O3/c1-7-11(16(17)18)10(15-12(13)14-7)8-5-3-4-6-9(8)19-2/h3-6H,1-2H3,(H2,13,14,15). The minimum absolute atomic E-state index is 0.0102. The van der Waals surface area contributed by atoms with Crippen LogP contribution in [0.3, 0.4) is 0 Å². The summed E-state index contributed by atoms with van der Waals surface area (Å²) in [7, 11) is 1.49. The lowest BCUT2D eigenvalue weighted by atomic mass is 10.1. The first-order valence-corrected chi connectivity index (χ1v) is 5.46. The molecule has 19 heavy (non-hydrogen) atoms. The highest BCUT2D eigenvalue weighted by atomic mass is 16.6. The number of methoxy groups -OCH3 is 1. The highest BCUT2D eigenvalue weighted by Gasteiger charge is 2.24. The van der Waals surface area contributed by atoms with E-state index in [9.17, 15) is 10.1 Å². The molecule has 98 valence electrons. The predicted octanol–water partition coefficient (Wildman–Crippen LogP) is 1.95. The van der Waals surface area contributed by atoms with Crippen molar-refractivity contribution in [3.05, 3.63) is 40.1 Å². The zero-order valence-electron chi connectivity index (χ0n) is 10.5. The van der Waals surface area contributed by atoms with Gasteiger partial charge in [-0.3, -0.25) is 10.1 Å². The molecule has 2 aromatic rings. The van der Waals surface area contributed by atoms with E-state index in [1.807, 2.05) is 0 Å². The van der Waals surface area contributed by atoms with E-state index in [2.05, 4.69) is 9.97 Å². The Bertz CT molecular complexity index is 643. The highest BCUT2D eigenvalue weighted by molar-refractivity contribution is 5.76. The zero-order chi connectivity index (χ0) is 14.0. The number of nitro groups is 1. The van der Waals surface area contributed by atoms with Gasteiger partial charge in [-0.25, -0.2) is 9.97 Å². The van der Waals surface area contributed by atoms with Crippen molar-refractivity contribution >= 4 is 11.6 Å². The third-order valence-corrected chi connectivity index (χ3v) is 2.62. The largest absolute Gasteiger partial charge is 0.496 e. The van der Waals surface area contributed by atoms with Gasteiger partial charge in [0.2, 0.25) is 5.95 Å². The maximum Gasteiger partial charge on any atom is 0.316 e. The van der Waals surface area contributed by atoms with Crippen molar-refractivity contribution in [2.45, 2.75) is 6.92 Å². The van der Waals surface area contributed by atoms with Crippen LogP contribution in [0, 0.1) is 17.0 Å². The maximum atomic E-state index is 11.2. The van der Waals surface area contributed by atoms with Crippen LogP contribution in [0.2, 0.25) is 0 Å². The van der Waals surface area contributed by atoms with Gasteiger partial charge in [0.25, 0.3) is 0 Å². The van der Waals surface area contributed by atoms with Crippen LogP contribution < -0.4 is 10.5 Å². The third kappa shape index (κ3) is 2.30. The summed E-state index contributed by atoms with van der Waals surface area (Å²) in [6, 6.07) is 6.90. The van der Waals surface area contributed by atoms with E-state index in [0.29, 0.717) is 11.3 Å². The van der Waals surface area contributed by atoms with Gasteiger partial charge in [-0.05, 0) is 19.1 Å². The number of hydrogen-bond donors (Lipinski definition) is 1. The number of aryl methyl sites for hydroxylation is 1. The van der Waals surface area contributed by atoms with Crippen molar-refractivity contribution in [1.29, 1.82) is 0 Å². The number of benzene rings is 1. The van der Waals surface area contributed by atoms with Crippen LogP contribution in [0.5, 0.6) is 5.75 Å². The summed E-state index contributed by atoms with van der Waals surface area (Å²) < 4.78 is 5.19. The number of hydrogen-bond acceptors (Lipinski definition) is 6. The molecule has 7 nitrogen and oxygen atoms in total. The van der Waals surface area contributed by atoms with E-state index in [1.165, 1.54) is 14.0 Å². The van der Waals surface area contributed by atoms with Crippen molar-refractivity contribution in [3.63, 3.8) is 0 Å². The minimum atomic E-state index is -0.517. The maximum absolute atomic E-state index is 11.2. The molecular formula is C12H12N4O3. The van der Waals surface area contributed by atoms with Gasteiger partial charge in [0.05, 0.1) is 12.0 Å². The van der Waals surface area contributed by atoms with Crippen LogP contribution in [0.25, 0.3) is 11.3 Å². The van der Waals surface area contributed by atoms with E-state index in [1.54, 1.807) is 24.3 Å². The fourth-order valence-corrected chi connectivity index (χ4v) is 1.84. The van der Waals surface area contributed by atoms with Gasteiger partial charge in [0.1, 0.15) is 11.4 Å². The fraction of sp³-hybridized carbons (Fsp3) is 0.167. The molecule has 0 aliphatic carbocycles. The Hall–Kier alpha value is -2.70. The first-order valence-electron chi connectivity index (χ1n) is 5.46. The molecule has 0 aliphatic heterocycles. The molecule has 0 unspecified atom stereocenters. The molecule has 0 amide bonds. The molecule has 0 bridgehead atoms. The smallest absolute Gasteiger partial charge is 0.316 e. The average molecular weight is 260 g/mol. The molecule has 1 aromatic carbocycles. The SMILES string of the molecule is COc1ccccc1-c1nc(N)nc(C)c1[N+](=O)[O-]. The quantitative estimate of drug-likeness (QED) is 0.668. The van der Waals surface area contributed by atoms with Crippen LogP contribution in [0.4, 0.5) is 11.6 Å². The van der Waals surface area contributed by atoms with Crippen molar-refractivity contribution in [2.75, 3.05) is 12.8 Å². The number of rotatable bonds is 3. The van der Waals surface area contributed by atoms with Gasteiger partial charge in [0.15, 0.2) is 5.69 Å². The first-order chi connectivity index (χ1) is 9.04. The molecular weight excluding hydrogens is 248 g/mol. The second-order valence-corrected chi connectivity index (χ2v) is 3.82. The third-order valence-electron chi connectivity index (χ3n) is 2.62. The van der Waals surface area contributed by atoms with E-state index in [-0.39, 0.29) is 23.0 Å². The summed E-state index contributed by atoms with van der Waals surface area (Å²) in [5, 5.41) is 11.2. The molecule has 7 heteroatoms. The zero-order valence-corrected chi connectivity index (χ0v) is 10.5. The second kappa shape index (κ2) is 4.89. The number of anilines is 1. The Morgan fingerprint density at radius 2 is 2.00 bits per heavy atom. The Morgan fingerprint density at radius 3 is 2.63 bits per heavy atom. The summed E-state index contributed by atoms with van der Waals surface area (Å²) in [5.41, 5.74) is 6.29. The number of nitrogens with two attached hydrogens (primary N) is 1. The monoisotopic (exact) mass is 260 g/mol. The molecule has 2 N–H and O–H groups in total. The predicted molar refractivity (Wildman–Crippen MR) is 69.8 cm³/mol.